The molecule has 1 N–H and O–H groups in total. The van der Waals surface area contributed by atoms with E-state index in [1.807, 2.05) is 4.90 Å². The monoisotopic (exact) mass is 402 g/mol. The van der Waals surface area contributed by atoms with E-state index in [9.17, 15) is 14.0 Å². The summed E-state index contributed by atoms with van der Waals surface area (Å²) < 4.78 is 20.6. The van der Waals surface area contributed by atoms with E-state index >= 15 is 0 Å². The quantitative estimate of drug-likeness (QED) is 0.852. The molecule has 2 saturated heterocycles. The molecule has 8 heteroatoms. The van der Waals surface area contributed by atoms with Gasteiger partial charge in [-0.1, -0.05) is 0 Å². The lowest BCUT2D eigenvalue weighted by atomic mass is 9.96. The first-order chi connectivity index (χ1) is 14.0. The van der Waals surface area contributed by atoms with Crippen LogP contribution < -0.4 is 10.9 Å². The number of benzene rings is 1. The zero-order chi connectivity index (χ0) is 20.4. The highest BCUT2D eigenvalue weighted by atomic mass is 19.1. The molecule has 1 aromatic carbocycles. The highest BCUT2D eigenvalue weighted by molar-refractivity contribution is 5.77. The molecule has 156 valence electrons. The number of hydrogen-bond acceptors (Lipinski definition) is 4. The standard InChI is InChI=1S/C21H27FN4O3/c1-14-24-19-11-16(22)4-5-18(19)20(27)26(14)13-15-6-8-25(9-7-15)21(28)23-12-17-3-2-10-29-17/h4-5,11,15,17H,2-3,6-10,12-13H2,1H3,(H,23,28). The molecule has 2 aliphatic rings. The minimum Gasteiger partial charge on any atom is -0.376 e. The Bertz CT molecular complexity index is 947. The number of aromatic nitrogens is 2. The summed E-state index contributed by atoms with van der Waals surface area (Å²) in [7, 11) is 0. The average molecular weight is 402 g/mol. The van der Waals surface area contributed by atoms with E-state index in [2.05, 4.69) is 10.3 Å². The van der Waals surface area contributed by atoms with Crippen molar-refractivity contribution in [2.45, 2.75) is 45.3 Å². The molecule has 0 radical (unpaired) electrons. The number of halogens is 1. The van der Waals surface area contributed by atoms with E-state index in [0.29, 0.717) is 48.8 Å². The van der Waals surface area contributed by atoms with Crippen LogP contribution in [-0.2, 0) is 11.3 Å². The number of fused-ring (bicyclic) bond motifs is 1. The van der Waals surface area contributed by atoms with E-state index in [4.69, 9.17) is 4.74 Å². The summed E-state index contributed by atoms with van der Waals surface area (Å²) in [6, 6.07) is 4.04. The van der Waals surface area contributed by atoms with Crippen molar-refractivity contribution >= 4 is 16.9 Å². The molecule has 4 rings (SSSR count). The second-order valence-electron chi connectivity index (χ2n) is 7.99. The van der Waals surface area contributed by atoms with Crippen LogP contribution in [0, 0.1) is 18.7 Å². The molecule has 0 bridgehead atoms. The molecule has 1 aromatic heterocycles. The van der Waals surface area contributed by atoms with Gasteiger partial charge < -0.3 is 15.0 Å². The second-order valence-corrected chi connectivity index (χ2v) is 7.99. The zero-order valence-corrected chi connectivity index (χ0v) is 16.7. The Morgan fingerprint density at radius 3 is 2.83 bits per heavy atom. The number of nitrogens with zero attached hydrogens (tertiary/aromatic N) is 3. The first-order valence-electron chi connectivity index (χ1n) is 10.3. The number of carbonyl (C=O) groups excluding carboxylic acids is 1. The molecule has 2 fully saturated rings. The Labute approximate surface area is 168 Å². The molecule has 2 aromatic rings. The number of carbonyl (C=O) groups is 1. The lowest BCUT2D eigenvalue weighted by Gasteiger charge is -2.32. The second kappa shape index (κ2) is 8.49. The third-order valence-corrected chi connectivity index (χ3v) is 5.96. The highest BCUT2D eigenvalue weighted by Crippen LogP contribution is 2.20. The fraction of sp³-hybridized carbons (Fsp3) is 0.571. The smallest absolute Gasteiger partial charge is 0.317 e. The van der Waals surface area contributed by atoms with Gasteiger partial charge in [0.15, 0.2) is 0 Å². The fourth-order valence-electron chi connectivity index (χ4n) is 4.22. The maximum atomic E-state index is 13.4. The van der Waals surface area contributed by atoms with Crippen molar-refractivity contribution in [3.63, 3.8) is 0 Å². The number of rotatable bonds is 4. The average Bonchev–Trinajstić information content (AvgIpc) is 3.23. The first-order valence-corrected chi connectivity index (χ1v) is 10.3. The van der Waals surface area contributed by atoms with Gasteiger partial charge in [-0.15, -0.1) is 0 Å². The Morgan fingerprint density at radius 2 is 2.10 bits per heavy atom. The topological polar surface area (TPSA) is 76.5 Å². The Balaban J connectivity index is 1.35. The molecule has 0 aliphatic carbocycles. The maximum Gasteiger partial charge on any atom is 0.317 e. The molecule has 1 unspecified atom stereocenters. The Hall–Kier alpha value is -2.48. The number of piperidine rings is 1. The van der Waals surface area contributed by atoms with Crippen molar-refractivity contribution in [1.82, 2.24) is 19.8 Å². The molecule has 2 aliphatic heterocycles. The summed E-state index contributed by atoms with van der Waals surface area (Å²) in [5, 5.41) is 3.40. The van der Waals surface area contributed by atoms with Crippen molar-refractivity contribution in [2.75, 3.05) is 26.2 Å². The van der Waals surface area contributed by atoms with Gasteiger partial charge in [-0.05, 0) is 50.7 Å². The van der Waals surface area contributed by atoms with Crippen LogP contribution in [0.25, 0.3) is 10.9 Å². The van der Waals surface area contributed by atoms with E-state index in [-0.39, 0.29) is 17.7 Å². The number of urea groups is 1. The van der Waals surface area contributed by atoms with Crippen molar-refractivity contribution < 1.29 is 13.9 Å². The summed E-state index contributed by atoms with van der Waals surface area (Å²) in [4.78, 5) is 31.4. The van der Waals surface area contributed by atoms with Gasteiger partial charge in [-0.2, -0.15) is 0 Å². The first kappa shape index (κ1) is 19.8. The summed E-state index contributed by atoms with van der Waals surface area (Å²) in [6.45, 7) is 5.03. The van der Waals surface area contributed by atoms with E-state index in [0.717, 1.165) is 32.3 Å². The van der Waals surface area contributed by atoms with Gasteiger partial charge in [0.05, 0.1) is 17.0 Å². The largest absolute Gasteiger partial charge is 0.376 e. The predicted molar refractivity (Wildman–Crippen MR) is 107 cm³/mol. The van der Waals surface area contributed by atoms with Gasteiger partial charge in [0, 0.05) is 38.9 Å². The number of aryl methyl sites for hydroxylation is 1. The van der Waals surface area contributed by atoms with Gasteiger partial charge in [0.2, 0.25) is 0 Å². The third-order valence-electron chi connectivity index (χ3n) is 5.96. The van der Waals surface area contributed by atoms with Crippen molar-refractivity contribution in [2.24, 2.45) is 5.92 Å². The third kappa shape index (κ3) is 4.42. The molecule has 7 nitrogen and oxygen atoms in total. The maximum absolute atomic E-state index is 13.4. The van der Waals surface area contributed by atoms with Crippen LogP contribution in [0.15, 0.2) is 23.0 Å². The van der Waals surface area contributed by atoms with Gasteiger partial charge in [0.25, 0.3) is 5.56 Å². The minimum atomic E-state index is -0.397. The van der Waals surface area contributed by atoms with Crippen LogP contribution >= 0.6 is 0 Å². The molecule has 2 amide bonds. The summed E-state index contributed by atoms with van der Waals surface area (Å²) in [6.07, 6.45) is 3.87. The minimum absolute atomic E-state index is 0.0401. The van der Waals surface area contributed by atoms with Crippen LogP contribution in [-0.4, -0.2) is 52.8 Å². The number of amides is 2. The Kier molecular flexibility index (Phi) is 5.80. The summed E-state index contributed by atoms with van der Waals surface area (Å²) in [5.41, 5.74) is 0.255. The van der Waals surface area contributed by atoms with Crippen LogP contribution in [0.3, 0.4) is 0 Å². The predicted octanol–water partition coefficient (Wildman–Crippen LogP) is 2.44. The molecule has 0 saturated carbocycles. The number of likely N-dealkylation sites (tertiary alicyclic amines) is 1. The number of nitrogens with one attached hydrogen (secondary N) is 1. The molecule has 3 heterocycles. The zero-order valence-electron chi connectivity index (χ0n) is 16.7. The molecule has 0 spiro atoms. The molecule has 29 heavy (non-hydrogen) atoms. The van der Waals surface area contributed by atoms with E-state index in [1.165, 1.54) is 18.2 Å². The van der Waals surface area contributed by atoms with Crippen LogP contribution in [0.4, 0.5) is 9.18 Å². The van der Waals surface area contributed by atoms with E-state index < -0.39 is 5.82 Å². The number of hydrogen-bond donors (Lipinski definition) is 1. The van der Waals surface area contributed by atoms with Crippen LogP contribution in [0.5, 0.6) is 0 Å². The normalized spacial score (nSPS) is 20.3. The molecular weight excluding hydrogens is 375 g/mol. The fourth-order valence-corrected chi connectivity index (χ4v) is 4.22. The highest BCUT2D eigenvalue weighted by Gasteiger charge is 2.25. The van der Waals surface area contributed by atoms with Gasteiger partial charge in [0.1, 0.15) is 11.6 Å². The lowest BCUT2D eigenvalue weighted by molar-refractivity contribution is 0.107. The van der Waals surface area contributed by atoms with Crippen molar-refractivity contribution in [3.05, 3.63) is 40.2 Å². The number of ether oxygens (including phenoxy) is 1. The van der Waals surface area contributed by atoms with E-state index in [1.54, 1.807) is 11.5 Å². The Morgan fingerprint density at radius 1 is 1.31 bits per heavy atom. The van der Waals surface area contributed by atoms with Crippen molar-refractivity contribution in [3.8, 4) is 0 Å². The van der Waals surface area contributed by atoms with Crippen LogP contribution in [0.2, 0.25) is 0 Å². The van der Waals surface area contributed by atoms with Gasteiger partial charge in [-0.25, -0.2) is 14.2 Å². The van der Waals surface area contributed by atoms with Gasteiger partial charge >= 0.3 is 6.03 Å². The summed E-state index contributed by atoms with van der Waals surface area (Å²) >= 11 is 0. The molecular formula is C21H27FN4O3. The molecule has 1 atom stereocenters. The summed E-state index contributed by atoms with van der Waals surface area (Å²) in [5.74, 6) is 0.491. The lowest BCUT2D eigenvalue weighted by Crippen LogP contribution is -2.47. The van der Waals surface area contributed by atoms with Crippen LogP contribution in [0.1, 0.15) is 31.5 Å². The van der Waals surface area contributed by atoms with Gasteiger partial charge in [-0.3, -0.25) is 9.36 Å². The van der Waals surface area contributed by atoms with Crippen molar-refractivity contribution in [1.29, 1.82) is 0 Å². The SMILES string of the molecule is Cc1nc2cc(F)ccc2c(=O)n1CC1CCN(C(=O)NCC2CCCO2)CC1.